The highest BCUT2D eigenvalue weighted by atomic mass is 14.9. The highest BCUT2D eigenvalue weighted by Gasteiger charge is 2.21. The van der Waals surface area contributed by atoms with Gasteiger partial charge in [-0.15, -0.1) is 0 Å². The van der Waals surface area contributed by atoms with Crippen LogP contribution in [0.3, 0.4) is 0 Å². The number of likely N-dealkylation sites (N-methyl/N-ethyl adjacent to an activating group) is 1. The molecule has 1 aromatic carbocycles. The Hall–Kier alpha value is -0.820. The van der Waals surface area contributed by atoms with Gasteiger partial charge < -0.3 is 5.32 Å². The molecule has 100 valence electrons. The van der Waals surface area contributed by atoms with Gasteiger partial charge in [-0.3, -0.25) is 0 Å². The fourth-order valence-electron chi connectivity index (χ4n) is 3.13. The summed E-state index contributed by atoms with van der Waals surface area (Å²) in [6.07, 6.45) is 6.91. The number of rotatable bonds is 6. The van der Waals surface area contributed by atoms with Gasteiger partial charge in [0.1, 0.15) is 0 Å². The molecule has 1 saturated carbocycles. The average molecular weight is 245 g/mol. The molecule has 0 radical (unpaired) electrons. The molecule has 1 atom stereocenters. The summed E-state index contributed by atoms with van der Waals surface area (Å²) in [7, 11) is 0. The van der Waals surface area contributed by atoms with E-state index in [4.69, 9.17) is 0 Å². The van der Waals surface area contributed by atoms with Crippen molar-refractivity contribution in [3.8, 4) is 0 Å². The first-order valence-electron chi connectivity index (χ1n) is 7.48. The molecule has 0 aromatic heterocycles. The van der Waals surface area contributed by atoms with Crippen molar-refractivity contribution in [2.24, 2.45) is 5.92 Å². The van der Waals surface area contributed by atoms with E-state index in [2.05, 4.69) is 44.3 Å². The van der Waals surface area contributed by atoms with Crippen LogP contribution in [0.15, 0.2) is 18.2 Å². The Labute approximate surface area is 112 Å². The summed E-state index contributed by atoms with van der Waals surface area (Å²) in [6.45, 7) is 7.70. The van der Waals surface area contributed by atoms with Gasteiger partial charge in [0.15, 0.2) is 0 Å². The molecular formula is C17H27N. The fraction of sp³-hybridized carbons (Fsp3) is 0.647. The molecule has 18 heavy (non-hydrogen) atoms. The molecule has 1 N–H and O–H groups in total. The van der Waals surface area contributed by atoms with Crippen molar-refractivity contribution in [3.05, 3.63) is 34.9 Å². The molecule has 0 saturated heterocycles. The predicted octanol–water partition coefficient (Wildman–Crippen LogP) is 4.01. The Morgan fingerprint density at radius 3 is 2.33 bits per heavy atom. The summed E-state index contributed by atoms with van der Waals surface area (Å²) in [5, 5.41) is 3.67. The summed E-state index contributed by atoms with van der Waals surface area (Å²) < 4.78 is 0. The van der Waals surface area contributed by atoms with E-state index < -0.39 is 0 Å². The molecular weight excluding hydrogens is 218 g/mol. The monoisotopic (exact) mass is 245 g/mol. The van der Waals surface area contributed by atoms with E-state index in [0.29, 0.717) is 6.04 Å². The molecule has 0 bridgehead atoms. The first-order valence-corrected chi connectivity index (χ1v) is 7.48. The standard InChI is InChI=1S/C17H27N/c1-4-18-17(11-15-6-5-7-15)12-16-9-13(2)8-14(3)10-16/h8-10,15,17-18H,4-7,11-12H2,1-3H3. The Bertz CT molecular complexity index is 359. The quantitative estimate of drug-likeness (QED) is 0.798. The minimum absolute atomic E-state index is 0.668. The van der Waals surface area contributed by atoms with Gasteiger partial charge in [0.25, 0.3) is 0 Å². The molecule has 1 heteroatoms. The average Bonchev–Trinajstić information content (AvgIpc) is 2.22. The Morgan fingerprint density at radius 2 is 1.83 bits per heavy atom. The summed E-state index contributed by atoms with van der Waals surface area (Å²) in [4.78, 5) is 0. The van der Waals surface area contributed by atoms with Crippen LogP contribution in [0.25, 0.3) is 0 Å². The SMILES string of the molecule is CCNC(Cc1cc(C)cc(C)c1)CC1CCC1. The van der Waals surface area contributed by atoms with Gasteiger partial charge in [-0.25, -0.2) is 0 Å². The third-order valence-corrected chi connectivity index (χ3v) is 4.10. The number of hydrogen-bond donors (Lipinski definition) is 1. The Morgan fingerprint density at radius 1 is 1.17 bits per heavy atom. The molecule has 1 aliphatic rings. The molecule has 1 nitrogen and oxygen atoms in total. The lowest BCUT2D eigenvalue weighted by Gasteiger charge is -2.30. The molecule has 1 unspecified atom stereocenters. The van der Waals surface area contributed by atoms with E-state index in [1.54, 1.807) is 0 Å². The van der Waals surface area contributed by atoms with E-state index in [9.17, 15) is 0 Å². The molecule has 0 amide bonds. The van der Waals surface area contributed by atoms with Crippen LogP contribution in [0.4, 0.5) is 0 Å². The topological polar surface area (TPSA) is 12.0 Å². The van der Waals surface area contributed by atoms with Crippen LogP contribution >= 0.6 is 0 Å². The van der Waals surface area contributed by atoms with Crippen molar-refractivity contribution in [2.45, 2.75) is 58.9 Å². The first kappa shape index (κ1) is 13.6. The lowest BCUT2D eigenvalue weighted by molar-refractivity contribution is 0.260. The minimum Gasteiger partial charge on any atom is -0.314 e. The van der Waals surface area contributed by atoms with Gasteiger partial charge in [0.2, 0.25) is 0 Å². The number of hydrogen-bond acceptors (Lipinski definition) is 1. The zero-order valence-corrected chi connectivity index (χ0v) is 12.1. The second-order valence-corrected chi connectivity index (χ2v) is 5.99. The maximum Gasteiger partial charge on any atom is 0.0110 e. The third kappa shape index (κ3) is 3.84. The van der Waals surface area contributed by atoms with Crippen molar-refractivity contribution < 1.29 is 0 Å². The predicted molar refractivity (Wildman–Crippen MR) is 79.0 cm³/mol. The van der Waals surface area contributed by atoms with Gasteiger partial charge in [0, 0.05) is 6.04 Å². The van der Waals surface area contributed by atoms with Crippen LogP contribution in [0.5, 0.6) is 0 Å². The number of nitrogens with one attached hydrogen (secondary N) is 1. The lowest BCUT2D eigenvalue weighted by Crippen LogP contribution is -2.34. The second kappa shape index (κ2) is 6.38. The maximum absolute atomic E-state index is 3.67. The first-order chi connectivity index (χ1) is 8.67. The Kier molecular flexibility index (Phi) is 4.82. The largest absolute Gasteiger partial charge is 0.314 e. The van der Waals surface area contributed by atoms with E-state index in [0.717, 1.165) is 12.5 Å². The van der Waals surface area contributed by atoms with Crippen molar-refractivity contribution in [3.63, 3.8) is 0 Å². The molecule has 0 spiro atoms. The smallest absolute Gasteiger partial charge is 0.0110 e. The van der Waals surface area contributed by atoms with Crippen molar-refractivity contribution in [1.82, 2.24) is 5.32 Å². The second-order valence-electron chi connectivity index (χ2n) is 5.99. The lowest BCUT2D eigenvalue weighted by atomic mass is 9.80. The van der Waals surface area contributed by atoms with Crippen LogP contribution < -0.4 is 5.32 Å². The van der Waals surface area contributed by atoms with Crippen LogP contribution in [0.2, 0.25) is 0 Å². The highest BCUT2D eigenvalue weighted by Crippen LogP contribution is 2.31. The van der Waals surface area contributed by atoms with Crippen molar-refractivity contribution in [1.29, 1.82) is 0 Å². The van der Waals surface area contributed by atoms with Crippen LogP contribution in [0, 0.1) is 19.8 Å². The molecule has 1 fully saturated rings. The van der Waals surface area contributed by atoms with E-state index in [-0.39, 0.29) is 0 Å². The van der Waals surface area contributed by atoms with Gasteiger partial charge in [0.05, 0.1) is 0 Å². The highest BCUT2D eigenvalue weighted by molar-refractivity contribution is 5.29. The molecule has 0 heterocycles. The maximum atomic E-state index is 3.67. The van der Waals surface area contributed by atoms with E-state index >= 15 is 0 Å². The summed E-state index contributed by atoms with van der Waals surface area (Å²) >= 11 is 0. The molecule has 0 aliphatic heterocycles. The fourth-order valence-corrected chi connectivity index (χ4v) is 3.13. The Balaban J connectivity index is 1.97. The zero-order valence-electron chi connectivity index (χ0n) is 12.1. The molecule has 2 rings (SSSR count). The number of benzene rings is 1. The van der Waals surface area contributed by atoms with E-state index in [1.807, 2.05) is 0 Å². The van der Waals surface area contributed by atoms with Gasteiger partial charge >= 0.3 is 0 Å². The summed E-state index contributed by atoms with van der Waals surface area (Å²) in [5.41, 5.74) is 4.28. The van der Waals surface area contributed by atoms with Crippen LogP contribution in [-0.2, 0) is 6.42 Å². The molecule has 1 aromatic rings. The van der Waals surface area contributed by atoms with Crippen LogP contribution in [0.1, 0.15) is 49.3 Å². The van der Waals surface area contributed by atoms with E-state index in [1.165, 1.54) is 48.8 Å². The minimum atomic E-state index is 0.668. The number of aryl methyl sites for hydroxylation is 2. The van der Waals surface area contributed by atoms with Gasteiger partial charge in [-0.1, -0.05) is 55.5 Å². The van der Waals surface area contributed by atoms with Gasteiger partial charge in [-0.2, -0.15) is 0 Å². The zero-order chi connectivity index (χ0) is 13.0. The molecule has 1 aliphatic carbocycles. The van der Waals surface area contributed by atoms with Crippen LogP contribution in [-0.4, -0.2) is 12.6 Å². The summed E-state index contributed by atoms with van der Waals surface area (Å²) in [5.74, 6) is 0.986. The summed E-state index contributed by atoms with van der Waals surface area (Å²) in [6, 6.07) is 7.62. The van der Waals surface area contributed by atoms with Gasteiger partial charge in [-0.05, 0) is 44.7 Å². The third-order valence-electron chi connectivity index (χ3n) is 4.10. The van der Waals surface area contributed by atoms with Crippen molar-refractivity contribution in [2.75, 3.05) is 6.54 Å². The normalized spacial score (nSPS) is 17.5. The van der Waals surface area contributed by atoms with Crippen molar-refractivity contribution >= 4 is 0 Å².